The van der Waals surface area contributed by atoms with Crippen molar-refractivity contribution in [3.63, 3.8) is 0 Å². The number of piperazine rings is 1. The average Bonchev–Trinajstić information content (AvgIpc) is 3.49. The van der Waals surface area contributed by atoms with Crippen LogP contribution in [0.3, 0.4) is 0 Å². The Morgan fingerprint density at radius 3 is 2.67 bits per heavy atom. The van der Waals surface area contributed by atoms with Crippen LogP contribution in [-0.2, 0) is 19.5 Å². The van der Waals surface area contributed by atoms with Gasteiger partial charge in [-0.25, -0.2) is 4.99 Å². The number of guanidine groups is 1. The van der Waals surface area contributed by atoms with Crippen LogP contribution in [0.5, 0.6) is 0 Å². The standard InChI is InChI=1S/C22H29N7O/c1-2-21-26-25-18-29(21)11-10-23-22(24-17-20-9-6-16-30-20)28-14-12-27(13-15-28)19-7-4-3-5-8-19/h3-9,16,18H,2,10-15,17H2,1H3,(H,23,24). The zero-order chi connectivity index (χ0) is 20.6. The maximum Gasteiger partial charge on any atom is 0.194 e. The topological polar surface area (TPSA) is 74.7 Å². The smallest absolute Gasteiger partial charge is 0.194 e. The van der Waals surface area contributed by atoms with E-state index in [-0.39, 0.29) is 0 Å². The molecule has 158 valence electrons. The number of furan rings is 1. The summed E-state index contributed by atoms with van der Waals surface area (Å²) in [6.07, 6.45) is 4.36. The van der Waals surface area contributed by atoms with Crippen molar-refractivity contribution < 1.29 is 4.42 Å². The lowest BCUT2D eigenvalue weighted by Gasteiger charge is -2.37. The molecule has 1 aliphatic rings. The first-order valence-corrected chi connectivity index (χ1v) is 10.6. The predicted octanol–water partition coefficient (Wildman–Crippen LogP) is 2.40. The van der Waals surface area contributed by atoms with E-state index in [0.29, 0.717) is 6.54 Å². The molecule has 0 bridgehead atoms. The van der Waals surface area contributed by atoms with Gasteiger partial charge >= 0.3 is 0 Å². The van der Waals surface area contributed by atoms with Crippen LogP contribution in [0.1, 0.15) is 18.5 Å². The summed E-state index contributed by atoms with van der Waals surface area (Å²) < 4.78 is 7.55. The second kappa shape index (κ2) is 9.96. The Hall–Kier alpha value is -3.29. The van der Waals surface area contributed by atoms with E-state index in [9.17, 15) is 0 Å². The number of hydrogen-bond donors (Lipinski definition) is 1. The second-order valence-electron chi connectivity index (χ2n) is 7.25. The van der Waals surface area contributed by atoms with E-state index >= 15 is 0 Å². The molecule has 0 atom stereocenters. The lowest BCUT2D eigenvalue weighted by Crippen LogP contribution is -2.53. The highest BCUT2D eigenvalue weighted by atomic mass is 16.3. The van der Waals surface area contributed by atoms with Crippen LogP contribution in [0, 0.1) is 0 Å². The monoisotopic (exact) mass is 407 g/mol. The van der Waals surface area contributed by atoms with E-state index in [2.05, 4.69) is 67.1 Å². The molecule has 0 unspecified atom stereocenters. The third-order valence-corrected chi connectivity index (χ3v) is 5.31. The number of rotatable bonds is 7. The molecule has 8 heteroatoms. The average molecular weight is 408 g/mol. The summed E-state index contributed by atoms with van der Waals surface area (Å²) in [6, 6.07) is 14.4. The molecule has 1 saturated heterocycles. The van der Waals surface area contributed by atoms with Crippen molar-refractivity contribution in [3.05, 3.63) is 66.6 Å². The number of para-hydroxylation sites is 1. The highest BCUT2D eigenvalue weighted by Gasteiger charge is 2.20. The minimum Gasteiger partial charge on any atom is -0.467 e. The van der Waals surface area contributed by atoms with Gasteiger partial charge in [-0.05, 0) is 24.3 Å². The number of aliphatic imine (C=N–C) groups is 1. The molecule has 1 fully saturated rings. The van der Waals surface area contributed by atoms with Crippen LogP contribution in [0.25, 0.3) is 0 Å². The van der Waals surface area contributed by atoms with E-state index in [1.165, 1.54) is 5.69 Å². The SMILES string of the molecule is CCc1nncn1CCNC(=NCc1ccco1)N1CCN(c2ccccc2)CC1. The lowest BCUT2D eigenvalue weighted by atomic mass is 10.2. The van der Waals surface area contributed by atoms with Crippen molar-refractivity contribution in [2.45, 2.75) is 26.4 Å². The number of aryl methyl sites for hydroxylation is 1. The van der Waals surface area contributed by atoms with Gasteiger partial charge in [0.2, 0.25) is 0 Å². The first kappa shape index (κ1) is 20.0. The molecule has 0 aliphatic carbocycles. The van der Waals surface area contributed by atoms with Gasteiger partial charge in [-0.3, -0.25) is 0 Å². The largest absolute Gasteiger partial charge is 0.467 e. The fraction of sp³-hybridized carbons (Fsp3) is 0.409. The summed E-state index contributed by atoms with van der Waals surface area (Å²) in [6.45, 7) is 7.98. The molecule has 3 aromatic rings. The van der Waals surface area contributed by atoms with E-state index < -0.39 is 0 Å². The molecule has 1 aromatic carbocycles. The van der Waals surface area contributed by atoms with E-state index in [1.807, 2.05) is 12.1 Å². The van der Waals surface area contributed by atoms with Crippen molar-refractivity contribution in [2.24, 2.45) is 4.99 Å². The molecule has 0 saturated carbocycles. The Labute approximate surface area is 177 Å². The third kappa shape index (κ3) is 5.00. The molecular formula is C22H29N7O. The first-order valence-electron chi connectivity index (χ1n) is 10.6. The fourth-order valence-electron chi connectivity index (χ4n) is 3.67. The lowest BCUT2D eigenvalue weighted by molar-refractivity contribution is 0.369. The first-order chi connectivity index (χ1) is 14.8. The van der Waals surface area contributed by atoms with Gasteiger partial charge in [0.15, 0.2) is 5.96 Å². The summed E-state index contributed by atoms with van der Waals surface area (Å²) in [5, 5.41) is 11.7. The number of nitrogens with zero attached hydrogens (tertiary/aromatic N) is 6. The maximum absolute atomic E-state index is 5.46. The summed E-state index contributed by atoms with van der Waals surface area (Å²) in [7, 11) is 0. The fourth-order valence-corrected chi connectivity index (χ4v) is 3.67. The van der Waals surface area contributed by atoms with Crippen LogP contribution in [0.4, 0.5) is 5.69 Å². The molecular weight excluding hydrogens is 378 g/mol. The zero-order valence-electron chi connectivity index (χ0n) is 17.4. The minimum atomic E-state index is 0.529. The number of aromatic nitrogens is 3. The molecule has 3 heterocycles. The number of anilines is 1. The van der Waals surface area contributed by atoms with E-state index in [0.717, 1.165) is 63.2 Å². The molecule has 0 radical (unpaired) electrons. The number of nitrogens with one attached hydrogen (secondary N) is 1. The van der Waals surface area contributed by atoms with Crippen molar-refractivity contribution in [3.8, 4) is 0 Å². The summed E-state index contributed by atoms with van der Waals surface area (Å²) in [5.41, 5.74) is 1.28. The summed E-state index contributed by atoms with van der Waals surface area (Å²) in [5.74, 6) is 2.79. The Morgan fingerprint density at radius 1 is 1.10 bits per heavy atom. The van der Waals surface area contributed by atoms with Crippen molar-refractivity contribution in [1.82, 2.24) is 25.0 Å². The van der Waals surface area contributed by atoms with Crippen molar-refractivity contribution >= 4 is 11.6 Å². The highest BCUT2D eigenvalue weighted by Crippen LogP contribution is 2.15. The Kier molecular flexibility index (Phi) is 6.64. The van der Waals surface area contributed by atoms with Gasteiger partial charge in [-0.1, -0.05) is 25.1 Å². The van der Waals surface area contributed by atoms with Gasteiger partial charge in [-0.2, -0.15) is 0 Å². The summed E-state index contributed by atoms with van der Waals surface area (Å²) in [4.78, 5) is 9.58. The van der Waals surface area contributed by atoms with Crippen molar-refractivity contribution in [2.75, 3.05) is 37.6 Å². The van der Waals surface area contributed by atoms with Gasteiger partial charge in [0, 0.05) is 51.4 Å². The van der Waals surface area contributed by atoms with Crippen LogP contribution in [-0.4, -0.2) is 58.3 Å². The Balaban J connectivity index is 1.38. The maximum atomic E-state index is 5.46. The van der Waals surface area contributed by atoms with Gasteiger partial charge < -0.3 is 24.1 Å². The molecule has 0 spiro atoms. The highest BCUT2D eigenvalue weighted by molar-refractivity contribution is 5.80. The normalized spacial score (nSPS) is 14.9. The third-order valence-electron chi connectivity index (χ3n) is 5.31. The van der Waals surface area contributed by atoms with Crippen LogP contribution in [0.15, 0.2) is 64.5 Å². The van der Waals surface area contributed by atoms with E-state index in [4.69, 9.17) is 9.41 Å². The Morgan fingerprint density at radius 2 is 1.93 bits per heavy atom. The molecule has 0 amide bonds. The van der Waals surface area contributed by atoms with Crippen LogP contribution >= 0.6 is 0 Å². The number of benzene rings is 1. The van der Waals surface area contributed by atoms with Gasteiger partial charge in [0.1, 0.15) is 24.5 Å². The molecule has 2 aromatic heterocycles. The minimum absolute atomic E-state index is 0.529. The van der Waals surface area contributed by atoms with Gasteiger partial charge in [-0.15, -0.1) is 10.2 Å². The van der Waals surface area contributed by atoms with Gasteiger partial charge in [0.05, 0.1) is 6.26 Å². The summed E-state index contributed by atoms with van der Waals surface area (Å²) >= 11 is 0. The van der Waals surface area contributed by atoms with E-state index in [1.54, 1.807) is 12.6 Å². The quantitative estimate of drug-likeness (QED) is 0.479. The van der Waals surface area contributed by atoms with Crippen molar-refractivity contribution in [1.29, 1.82) is 0 Å². The number of hydrogen-bond acceptors (Lipinski definition) is 5. The zero-order valence-corrected chi connectivity index (χ0v) is 17.4. The van der Waals surface area contributed by atoms with Gasteiger partial charge in [0.25, 0.3) is 0 Å². The van der Waals surface area contributed by atoms with Crippen LogP contribution < -0.4 is 10.2 Å². The Bertz CT molecular complexity index is 912. The molecule has 1 aliphatic heterocycles. The van der Waals surface area contributed by atoms with Crippen LogP contribution in [0.2, 0.25) is 0 Å². The molecule has 8 nitrogen and oxygen atoms in total. The molecule has 4 rings (SSSR count). The molecule has 30 heavy (non-hydrogen) atoms. The predicted molar refractivity (Wildman–Crippen MR) is 117 cm³/mol. The molecule has 1 N–H and O–H groups in total. The second-order valence-corrected chi connectivity index (χ2v) is 7.25.